The Morgan fingerprint density at radius 2 is 2.00 bits per heavy atom. The van der Waals surface area contributed by atoms with Crippen LogP contribution in [0, 0.1) is 5.92 Å². The van der Waals surface area contributed by atoms with Crippen LogP contribution in [0.25, 0.3) is 0 Å². The van der Waals surface area contributed by atoms with Crippen molar-refractivity contribution in [1.82, 2.24) is 0 Å². The van der Waals surface area contributed by atoms with E-state index in [1.165, 1.54) is 37.7 Å². The van der Waals surface area contributed by atoms with Gasteiger partial charge >= 0.3 is 0 Å². The van der Waals surface area contributed by atoms with Crippen LogP contribution in [0.4, 0.5) is 0 Å². The average molecular weight is 220 g/mol. The molecule has 0 rings (SSSR count). The van der Waals surface area contributed by atoms with Gasteiger partial charge in [0, 0.05) is 0 Å². The molecule has 1 unspecified atom stereocenters. The molecule has 0 heterocycles. The largest absolute Gasteiger partial charge is 0.103 e. The van der Waals surface area contributed by atoms with Gasteiger partial charge < -0.3 is 0 Å². The fourth-order valence-electron chi connectivity index (χ4n) is 1.66. The summed E-state index contributed by atoms with van der Waals surface area (Å²) in [6.07, 6.45) is 15.4. The van der Waals surface area contributed by atoms with E-state index in [9.17, 15) is 0 Å². The molecule has 0 bridgehead atoms. The summed E-state index contributed by atoms with van der Waals surface area (Å²) in [5.41, 5.74) is 1.28. The second-order valence-electron chi connectivity index (χ2n) is 4.69. The van der Waals surface area contributed by atoms with Crippen LogP contribution in [0.2, 0.25) is 0 Å². The molecule has 92 valence electrons. The third kappa shape index (κ3) is 9.76. The number of hydrogen-bond acceptors (Lipinski definition) is 0. The molecule has 0 aliphatic heterocycles. The summed E-state index contributed by atoms with van der Waals surface area (Å²) < 4.78 is 0. The van der Waals surface area contributed by atoms with Gasteiger partial charge in [0.05, 0.1) is 0 Å². The lowest BCUT2D eigenvalue weighted by molar-refractivity contribution is 0.597. The zero-order chi connectivity index (χ0) is 12.2. The molecule has 0 saturated carbocycles. The van der Waals surface area contributed by atoms with E-state index in [0.29, 0.717) is 5.92 Å². The molecule has 0 heteroatoms. The van der Waals surface area contributed by atoms with Crippen LogP contribution in [-0.2, 0) is 0 Å². The van der Waals surface area contributed by atoms with Crippen LogP contribution in [0.5, 0.6) is 0 Å². The number of allylic oxidation sites excluding steroid dienone is 4. The first-order chi connectivity index (χ1) is 7.70. The van der Waals surface area contributed by atoms with Gasteiger partial charge in [0.15, 0.2) is 0 Å². The molecule has 0 aromatic heterocycles. The molecular formula is C16H28. The minimum atomic E-state index is 0.624. The van der Waals surface area contributed by atoms with Crippen LogP contribution in [0.15, 0.2) is 37.0 Å². The normalized spacial score (nSPS) is 12.9. The van der Waals surface area contributed by atoms with E-state index in [4.69, 9.17) is 0 Å². The maximum atomic E-state index is 3.94. The highest BCUT2D eigenvalue weighted by Crippen LogP contribution is 2.16. The Labute approximate surface area is 102 Å². The van der Waals surface area contributed by atoms with Gasteiger partial charge in [-0.05, 0) is 44.9 Å². The SMILES string of the molecule is C=CC(CC=CCCCCC)CCC(=C)C. The lowest BCUT2D eigenvalue weighted by Gasteiger charge is -2.09. The van der Waals surface area contributed by atoms with E-state index in [1.54, 1.807) is 0 Å². The molecule has 1 atom stereocenters. The van der Waals surface area contributed by atoms with Gasteiger partial charge in [-0.3, -0.25) is 0 Å². The third-order valence-corrected chi connectivity index (χ3v) is 2.86. The molecule has 0 nitrogen and oxygen atoms in total. The van der Waals surface area contributed by atoms with Crippen molar-refractivity contribution >= 4 is 0 Å². The quantitative estimate of drug-likeness (QED) is 0.328. The predicted molar refractivity (Wildman–Crippen MR) is 75.6 cm³/mol. The molecule has 0 aromatic rings. The fourth-order valence-corrected chi connectivity index (χ4v) is 1.66. The van der Waals surface area contributed by atoms with Crippen LogP contribution in [0.3, 0.4) is 0 Å². The molecule has 0 aliphatic carbocycles. The Bertz CT molecular complexity index is 210. The molecular weight excluding hydrogens is 192 g/mol. The third-order valence-electron chi connectivity index (χ3n) is 2.86. The van der Waals surface area contributed by atoms with Crippen LogP contribution >= 0.6 is 0 Å². The van der Waals surface area contributed by atoms with Crippen molar-refractivity contribution in [3.63, 3.8) is 0 Å². The van der Waals surface area contributed by atoms with Crippen molar-refractivity contribution in [3.8, 4) is 0 Å². The van der Waals surface area contributed by atoms with Gasteiger partial charge in [-0.15, -0.1) is 13.2 Å². The Morgan fingerprint density at radius 1 is 1.25 bits per heavy atom. The molecule has 0 aliphatic rings. The van der Waals surface area contributed by atoms with E-state index in [1.807, 2.05) is 0 Å². The van der Waals surface area contributed by atoms with E-state index in [0.717, 1.165) is 12.8 Å². The summed E-state index contributed by atoms with van der Waals surface area (Å²) >= 11 is 0. The lowest BCUT2D eigenvalue weighted by Crippen LogP contribution is -1.94. The van der Waals surface area contributed by atoms with Crippen molar-refractivity contribution in [3.05, 3.63) is 37.0 Å². The van der Waals surface area contributed by atoms with E-state index in [-0.39, 0.29) is 0 Å². The highest BCUT2D eigenvalue weighted by molar-refractivity contribution is 4.94. The first-order valence-electron chi connectivity index (χ1n) is 6.62. The number of rotatable bonds is 10. The van der Waals surface area contributed by atoms with Crippen molar-refractivity contribution in [2.24, 2.45) is 5.92 Å². The Morgan fingerprint density at radius 3 is 2.56 bits per heavy atom. The first kappa shape index (κ1) is 15.2. The average Bonchev–Trinajstić information content (AvgIpc) is 2.27. The molecule has 0 spiro atoms. The summed E-state index contributed by atoms with van der Waals surface area (Å²) in [6.45, 7) is 12.2. The minimum absolute atomic E-state index is 0.624. The molecule has 0 N–H and O–H groups in total. The van der Waals surface area contributed by atoms with E-state index < -0.39 is 0 Å². The molecule has 0 amide bonds. The molecule has 0 fully saturated rings. The van der Waals surface area contributed by atoms with Crippen LogP contribution in [0.1, 0.15) is 58.8 Å². The van der Waals surface area contributed by atoms with Crippen molar-refractivity contribution < 1.29 is 0 Å². The molecule has 0 aromatic carbocycles. The van der Waals surface area contributed by atoms with Crippen LogP contribution in [-0.4, -0.2) is 0 Å². The number of unbranched alkanes of at least 4 members (excludes halogenated alkanes) is 3. The van der Waals surface area contributed by atoms with Crippen LogP contribution < -0.4 is 0 Å². The van der Waals surface area contributed by atoms with Gasteiger partial charge in [-0.25, -0.2) is 0 Å². The Balaban J connectivity index is 3.60. The maximum absolute atomic E-state index is 3.94. The lowest BCUT2D eigenvalue weighted by atomic mass is 9.97. The summed E-state index contributed by atoms with van der Waals surface area (Å²) in [5.74, 6) is 0.624. The zero-order valence-corrected chi connectivity index (χ0v) is 11.2. The maximum Gasteiger partial charge on any atom is -0.0199 e. The minimum Gasteiger partial charge on any atom is -0.103 e. The van der Waals surface area contributed by atoms with Gasteiger partial charge in [0.1, 0.15) is 0 Å². The van der Waals surface area contributed by atoms with E-state index in [2.05, 4.69) is 45.2 Å². The molecule has 0 saturated heterocycles. The molecule has 0 radical (unpaired) electrons. The van der Waals surface area contributed by atoms with Gasteiger partial charge in [-0.1, -0.05) is 43.6 Å². The molecule has 16 heavy (non-hydrogen) atoms. The summed E-state index contributed by atoms with van der Waals surface area (Å²) in [6, 6.07) is 0. The smallest absolute Gasteiger partial charge is 0.0199 e. The van der Waals surface area contributed by atoms with E-state index >= 15 is 0 Å². The number of hydrogen-bond donors (Lipinski definition) is 0. The summed E-state index contributed by atoms with van der Waals surface area (Å²) in [5, 5.41) is 0. The first-order valence-corrected chi connectivity index (χ1v) is 6.62. The van der Waals surface area contributed by atoms with Gasteiger partial charge in [0.25, 0.3) is 0 Å². The standard InChI is InChI=1S/C16H28/c1-5-7-8-9-10-11-12-16(6-2)14-13-15(3)4/h6,10-11,16H,2-3,5,7-9,12-14H2,1,4H3. The Kier molecular flexibility index (Phi) is 10.2. The highest BCUT2D eigenvalue weighted by atomic mass is 14.1. The topological polar surface area (TPSA) is 0 Å². The van der Waals surface area contributed by atoms with Crippen molar-refractivity contribution in [1.29, 1.82) is 0 Å². The fraction of sp³-hybridized carbons (Fsp3) is 0.625. The van der Waals surface area contributed by atoms with Gasteiger partial charge in [-0.2, -0.15) is 0 Å². The second-order valence-corrected chi connectivity index (χ2v) is 4.69. The second kappa shape index (κ2) is 10.7. The van der Waals surface area contributed by atoms with Crippen molar-refractivity contribution in [2.75, 3.05) is 0 Å². The summed E-state index contributed by atoms with van der Waals surface area (Å²) in [4.78, 5) is 0. The van der Waals surface area contributed by atoms with Gasteiger partial charge in [0.2, 0.25) is 0 Å². The Hall–Kier alpha value is -0.780. The summed E-state index contributed by atoms with van der Waals surface area (Å²) in [7, 11) is 0. The zero-order valence-electron chi connectivity index (χ0n) is 11.2. The highest BCUT2D eigenvalue weighted by Gasteiger charge is 2.01. The van der Waals surface area contributed by atoms with Crippen molar-refractivity contribution in [2.45, 2.75) is 58.8 Å². The predicted octanol–water partition coefficient (Wildman–Crippen LogP) is 5.67. The monoisotopic (exact) mass is 220 g/mol.